The summed E-state index contributed by atoms with van der Waals surface area (Å²) in [5.74, 6) is 0.366. The number of carboxylic acids is 1. The van der Waals surface area contributed by atoms with Crippen LogP contribution in [0.25, 0.3) is 0 Å². The zero-order chi connectivity index (χ0) is 14.5. The van der Waals surface area contributed by atoms with E-state index in [4.69, 9.17) is 4.74 Å². The summed E-state index contributed by atoms with van der Waals surface area (Å²) in [7, 11) is 0. The lowest BCUT2D eigenvalue weighted by Crippen LogP contribution is -2.48. The van der Waals surface area contributed by atoms with Crippen molar-refractivity contribution < 1.29 is 14.6 Å². The first-order valence-electron chi connectivity index (χ1n) is 7.30. The fourth-order valence-corrected chi connectivity index (χ4v) is 2.94. The van der Waals surface area contributed by atoms with E-state index >= 15 is 0 Å². The van der Waals surface area contributed by atoms with Gasteiger partial charge in [0.15, 0.2) is 0 Å². The molecular formula is C16H23NO3. The number of piperidine rings is 1. The second-order valence-electron chi connectivity index (χ2n) is 5.45. The maximum absolute atomic E-state index is 11.4. The average Bonchev–Trinajstić information content (AvgIpc) is 2.41. The summed E-state index contributed by atoms with van der Waals surface area (Å²) in [6, 6.07) is 7.56. The van der Waals surface area contributed by atoms with Crippen molar-refractivity contribution in [1.82, 2.24) is 4.90 Å². The molecule has 0 aromatic heterocycles. The van der Waals surface area contributed by atoms with E-state index < -0.39 is 5.97 Å². The lowest BCUT2D eigenvalue weighted by molar-refractivity contribution is -0.147. The summed E-state index contributed by atoms with van der Waals surface area (Å²) >= 11 is 0. The number of benzene rings is 1. The van der Waals surface area contributed by atoms with Crippen molar-refractivity contribution >= 4 is 5.97 Å². The maximum atomic E-state index is 11.4. The Morgan fingerprint density at radius 1 is 1.40 bits per heavy atom. The number of aliphatic carboxylic acids is 1. The highest BCUT2D eigenvalue weighted by molar-refractivity contribution is 5.74. The molecule has 1 fully saturated rings. The molecule has 20 heavy (non-hydrogen) atoms. The molecule has 0 amide bonds. The summed E-state index contributed by atoms with van der Waals surface area (Å²) in [5, 5.41) is 9.41. The Bertz CT molecular complexity index is 444. The number of rotatable bonds is 5. The first-order valence-corrected chi connectivity index (χ1v) is 7.30. The van der Waals surface area contributed by atoms with Crippen molar-refractivity contribution in [3.8, 4) is 5.75 Å². The number of nitrogens with zero attached hydrogens (tertiary/aromatic N) is 1. The van der Waals surface area contributed by atoms with Crippen LogP contribution >= 0.6 is 0 Å². The minimum absolute atomic E-state index is 0.212. The smallest absolute Gasteiger partial charge is 0.321 e. The van der Waals surface area contributed by atoms with E-state index in [1.54, 1.807) is 0 Å². The number of carboxylic acid groups (broad SMARTS) is 1. The monoisotopic (exact) mass is 277 g/mol. The van der Waals surface area contributed by atoms with Crippen LogP contribution in [-0.2, 0) is 11.3 Å². The summed E-state index contributed by atoms with van der Waals surface area (Å²) in [6.07, 6.45) is 2.07. The molecule has 110 valence electrons. The lowest BCUT2D eigenvalue weighted by Gasteiger charge is -2.37. The zero-order valence-electron chi connectivity index (χ0n) is 12.2. The maximum Gasteiger partial charge on any atom is 0.321 e. The van der Waals surface area contributed by atoms with Crippen LogP contribution < -0.4 is 4.74 Å². The van der Waals surface area contributed by atoms with E-state index in [1.165, 1.54) is 0 Å². The van der Waals surface area contributed by atoms with Gasteiger partial charge in [-0.2, -0.15) is 0 Å². The largest absolute Gasteiger partial charge is 0.494 e. The van der Waals surface area contributed by atoms with Crippen molar-refractivity contribution in [2.45, 2.75) is 39.3 Å². The molecule has 2 atom stereocenters. The highest BCUT2D eigenvalue weighted by atomic mass is 16.5. The summed E-state index contributed by atoms with van der Waals surface area (Å²) in [5.41, 5.74) is 1.13. The van der Waals surface area contributed by atoms with E-state index in [-0.39, 0.29) is 12.0 Å². The molecule has 0 spiro atoms. The van der Waals surface area contributed by atoms with Crippen LogP contribution in [0.3, 0.4) is 0 Å². The molecule has 2 rings (SSSR count). The van der Waals surface area contributed by atoms with Crippen LogP contribution in [0.15, 0.2) is 24.3 Å². The number of hydrogen-bond acceptors (Lipinski definition) is 3. The van der Waals surface area contributed by atoms with Gasteiger partial charge in [0.1, 0.15) is 11.8 Å². The Labute approximate surface area is 120 Å². The SMILES string of the molecule is CCOc1ccc(CN2CCCC(C)C2C(=O)O)cc1. The third-order valence-corrected chi connectivity index (χ3v) is 3.91. The second-order valence-corrected chi connectivity index (χ2v) is 5.45. The number of hydrogen-bond donors (Lipinski definition) is 1. The minimum atomic E-state index is -0.705. The third-order valence-electron chi connectivity index (χ3n) is 3.91. The molecule has 2 unspecified atom stereocenters. The summed E-state index contributed by atoms with van der Waals surface area (Å²) in [4.78, 5) is 13.5. The molecule has 0 radical (unpaired) electrons. The first kappa shape index (κ1) is 14.9. The molecule has 0 bridgehead atoms. The quantitative estimate of drug-likeness (QED) is 0.899. The van der Waals surface area contributed by atoms with Crippen LogP contribution in [0.4, 0.5) is 0 Å². The molecule has 1 aromatic carbocycles. The van der Waals surface area contributed by atoms with Crippen molar-refractivity contribution in [1.29, 1.82) is 0 Å². The molecule has 1 N–H and O–H groups in total. The topological polar surface area (TPSA) is 49.8 Å². The molecule has 0 saturated carbocycles. The first-order chi connectivity index (χ1) is 9.61. The van der Waals surface area contributed by atoms with Gasteiger partial charge in [0, 0.05) is 6.54 Å². The molecule has 1 aromatic rings. The Kier molecular flexibility index (Phi) is 5.01. The Morgan fingerprint density at radius 3 is 2.70 bits per heavy atom. The predicted octanol–water partition coefficient (Wildman–Crippen LogP) is 2.77. The van der Waals surface area contributed by atoms with Crippen molar-refractivity contribution in [3.63, 3.8) is 0 Å². The van der Waals surface area contributed by atoms with E-state index in [0.717, 1.165) is 30.7 Å². The van der Waals surface area contributed by atoms with Gasteiger partial charge >= 0.3 is 5.97 Å². The van der Waals surface area contributed by atoms with Gasteiger partial charge in [0.05, 0.1) is 6.61 Å². The standard InChI is InChI=1S/C16H23NO3/c1-3-20-14-8-6-13(7-9-14)11-17-10-4-5-12(2)15(17)16(18)19/h6-9,12,15H,3-5,10-11H2,1-2H3,(H,18,19). The fraction of sp³-hybridized carbons (Fsp3) is 0.562. The van der Waals surface area contributed by atoms with Crippen LogP contribution in [0, 0.1) is 5.92 Å². The minimum Gasteiger partial charge on any atom is -0.494 e. The average molecular weight is 277 g/mol. The predicted molar refractivity (Wildman–Crippen MR) is 77.8 cm³/mol. The van der Waals surface area contributed by atoms with Gasteiger partial charge in [-0.15, -0.1) is 0 Å². The van der Waals surface area contributed by atoms with E-state index in [1.807, 2.05) is 38.1 Å². The van der Waals surface area contributed by atoms with E-state index in [9.17, 15) is 9.90 Å². The fourth-order valence-electron chi connectivity index (χ4n) is 2.94. The highest BCUT2D eigenvalue weighted by Crippen LogP contribution is 2.25. The second kappa shape index (κ2) is 6.75. The van der Waals surface area contributed by atoms with Crippen molar-refractivity contribution in [2.75, 3.05) is 13.2 Å². The van der Waals surface area contributed by atoms with Gasteiger partial charge in [0.25, 0.3) is 0 Å². The van der Waals surface area contributed by atoms with Crippen LogP contribution in [0.5, 0.6) is 5.75 Å². The molecule has 4 nitrogen and oxygen atoms in total. The van der Waals surface area contributed by atoms with Gasteiger partial charge in [-0.1, -0.05) is 19.1 Å². The summed E-state index contributed by atoms with van der Waals surface area (Å²) < 4.78 is 5.42. The molecule has 0 aliphatic carbocycles. The number of likely N-dealkylation sites (tertiary alicyclic amines) is 1. The van der Waals surface area contributed by atoms with Crippen LogP contribution in [0.1, 0.15) is 32.3 Å². The van der Waals surface area contributed by atoms with Gasteiger partial charge in [-0.3, -0.25) is 9.69 Å². The van der Waals surface area contributed by atoms with Crippen molar-refractivity contribution in [2.24, 2.45) is 5.92 Å². The highest BCUT2D eigenvalue weighted by Gasteiger charge is 2.33. The summed E-state index contributed by atoms with van der Waals surface area (Å²) in [6.45, 7) is 6.19. The van der Waals surface area contributed by atoms with Gasteiger partial charge in [0.2, 0.25) is 0 Å². The third kappa shape index (κ3) is 3.51. The van der Waals surface area contributed by atoms with Gasteiger partial charge in [-0.05, 0) is 49.9 Å². The Balaban J connectivity index is 2.05. The Morgan fingerprint density at radius 2 is 2.10 bits per heavy atom. The Hall–Kier alpha value is -1.55. The lowest BCUT2D eigenvalue weighted by atomic mass is 9.90. The van der Waals surface area contributed by atoms with E-state index in [0.29, 0.717) is 13.2 Å². The molecule has 1 heterocycles. The van der Waals surface area contributed by atoms with Gasteiger partial charge in [-0.25, -0.2) is 0 Å². The molecule has 1 aliphatic rings. The normalized spacial score (nSPS) is 23.5. The van der Waals surface area contributed by atoms with E-state index in [2.05, 4.69) is 4.90 Å². The van der Waals surface area contributed by atoms with Crippen LogP contribution in [0.2, 0.25) is 0 Å². The van der Waals surface area contributed by atoms with Crippen molar-refractivity contribution in [3.05, 3.63) is 29.8 Å². The zero-order valence-corrected chi connectivity index (χ0v) is 12.2. The molecule has 1 saturated heterocycles. The molecule has 4 heteroatoms. The number of ether oxygens (including phenoxy) is 1. The number of carbonyl (C=O) groups is 1. The van der Waals surface area contributed by atoms with Gasteiger partial charge < -0.3 is 9.84 Å². The molecular weight excluding hydrogens is 254 g/mol. The van der Waals surface area contributed by atoms with Crippen LogP contribution in [-0.4, -0.2) is 35.2 Å². The molecule has 1 aliphatic heterocycles.